The molecule has 2 heterocycles. The zero-order valence-corrected chi connectivity index (χ0v) is 22.8. The highest BCUT2D eigenvalue weighted by molar-refractivity contribution is 5.87. The van der Waals surface area contributed by atoms with Crippen LogP contribution in [0.5, 0.6) is 5.75 Å². The second kappa shape index (κ2) is 12.1. The lowest BCUT2D eigenvalue weighted by Gasteiger charge is -2.20. The number of benzene rings is 4. The molecule has 0 saturated heterocycles. The van der Waals surface area contributed by atoms with Gasteiger partial charge in [-0.3, -0.25) is 0 Å². The molecule has 0 bridgehead atoms. The summed E-state index contributed by atoms with van der Waals surface area (Å²) in [5, 5.41) is 9.66. The molecule has 5 heteroatoms. The summed E-state index contributed by atoms with van der Waals surface area (Å²) in [6, 6.07) is 40.1. The molecule has 0 spiro atoms. The van der Waals surface area contributed by atoms with Gasteiger partial charge in [0.25, 0.3) is 0 Å². The van der Waals surface area contributed by atoms with Gasteiger partial charge in [-0.2, -0.15) is 0 Å². The molecule has 0 aliphatic carbocycles. The standard InChI is InChI=1S/C35H34N4O/c1-40-34-20-35(38-32-18-10-8-17-31(32)34)37-23-28(27-14-6-3-7-15-27)21-36-22-29-25-39(24-26-12-4-2-5-13-26)33-19-11-9-16-30(29)33/h2-20,25,28,36H,21-24H2,1H3,(H,37,38). The average molecular weight is 527 g/mol. The van der Waals surface area contributed by atoms with Gasteiger partial charge in [-0.05, 0) is 34.9 Å². The number of hydrogen-bond donors (Lipinski definition) is 2. The van der Waals surface area contributed by atoms with Crippen LogP contribution < -0.4 is 15.4 Å². The summed E-state index contributed by atoms with van der Waals surface area (Å²) in [6.45, 7) is 3.25. The fourth-order valence-electron chi connectivity index (χ4n) is 5.42. The van der Waals surface area contributed by atoms with Gasteiger partial charge in [0.15, 0.2) is 0 Å². The highest BCUT2D eigenvalue weighted by atomic mass is 16.5. The summed E-state index contributed by atoms with van der Waals surface area (Å²) < 4.78 is 8.01. The molecule has 4 aromatic carbocycles. The predicted molar refractivity (Wildman–Crippen MR) is 165 cm³/mol. The molecule has 200 valence electrons. The number of methoxy groups -OCH3 is 1. The molecule has 0 amide bonds. The Morgan fingerprint density at radius 1 is 0.775 bits per heavy atom. The van der Waals surface area contributed by atoms with Gasteiger partial charge in [-0.1, -0.05) is 91.0 Å². The summed E-state index contributed by atoms with van der Waals surface area (Å²) >= 11 is 0. The molecule has 5 nitrogen and oxygen atoms in total. The zero-order valence-electron chi connectivity index (χ0n) is 22.8. The number of nitrogens with one attached hydrogen (secondary N) is 2. The van der Waals surface area contributed by atoms with Crippen LogP contribution in [0.15, 0.2) is 121 Å². The van der Waals surface area contributed by atoms with Gasteiger partial charge in [0.2, 0.25) is 0 Å². The van der Waals surface area contributed by atoms with Crippen molar-refractivity contribution in [2.45, 2.75) is 19.0 Å². The van der Waals surface area contributed by atoms with Crippen molar-refractivity contribution in [1.29, 1.82) is 0 Å². The number of para-hydroxylation sites is 2. The number of aromatic nitrogens is 2. The second-order valence-corrected chi connectivity index (χ2v) is 10.1. The highest BCUT2D eigenvalue weighted by Crippen LogP contribution is 2.28. The Labute approximate surface area is 235 Å². The minimum atomic E-state index is 0.262. The Bertz CT molecular complexity index is 1700. The molecular formula is C35H34N4O. The Morgan fingerprint density at radius 3 is 2.27 bits per heavy atom. The van der Waals surface area contributed by atoms with E-state index in [9.17, 15) is 0 Å². The Morgan fingerprint density at radius 2 is 1.48 bits per heavy atom. The van der Waals surface area contributed by atoms with Crippen molar-refractivity contribution < 1.29 is 4.74 Å². The van der Waals surface area contributed by atoms with Crippen molar-refractivity contribution in [2.24, 2.45) is 0 Å². The van der Waals surface area contributed by atoms with E-state index in [2.05, 4.69) is 106 Å². The van der Waals surface area contributed by atoms with Crippen molar-refractivity contribution in [3.8, 4) is 5.75 Å². The summed E-state index contributed by atoms with van der Waals surface area (Å²) in [5.74, 6) is 1.91. The topological polar surface area (TPSA) is 51.1 Å². The third-order valence-corrected chi connectivity index (χ3v) is 7.47. The van der Waals surface area contributed by atoms with E-state index in [4.69, 9.17) is 9.72 Å². The van der Waals surface area contributed by atoms with Gasteiger partial charge in [0, 0.05) is 60.6 Å². The molecule has 6 aromatic rings. The lowest BCUT2D eigenvalue weighted by Crippen LogP contribution is -2.26. The lowest BCUT2D eigenvalue weighted by molar-refractivity contribution is 0.419. The highest BCUT2D eigenvalue weighted by Gasteiger charge is 2.14. The van der Waals surface area contributed by atoms with Crippen molar-refractivity contribution in [3.05, 3.63) is 138 Å². The summed E-state index contributed by atoms with van der Waals surface area (Å²) in [4.78, 5) is 4.83. The van der Waals surface area contributed by atoms with Crippen LogP contribution in [0.1, 0.15) is 22.6 Å². The summed E-state index contributed by atoms with van der Waals surface area (Å²) in [7, 11) is 1.71. The van der Waals surface area contributed by atoms with E-state index >= 15 is 0 Å². The third-order valence-electron chi connectivity index (χ3n) is 7.47. The number of hydrogen-bond acceptors (Lipinski definition) is 4. The molecule has 40 heavy (non-hydrogen) atoms. The maximum Gasteiger partial charge on any atom is 0.131 e. The summed E-state index contributed by atoms with van der Waals surface area (Å²) in [6.07, 6.45) is 2.30. The predicted octanol–water partition coefficient (Wildman–Crippen LogP) is 7.23. The maximum absolute atomic E-state index is 5.65. The molecule has 1 atom stereocenters. The molecule has 0 saturated carbocycles. The van der Waals surface area contributed by atoms with Crippen LogP contribution in [-0.2, 0) is 13.1 Å². The van der Waals surface area contributed by atoms with E-state index in [1.165, 1.54) is 27.6 Å². The average Bonchev–Trinajstić information content (AvgIpc) is 3.36. The van der Waals surface area contributed by atoms with E-state index in [1.54, 1.807) is 7.11 Å². The van der Waals surface area contributed by atoms with E-state index in [0.717, 1.165) is 48.6 Å². The van der Waals surface area contributed by atoms with E-state index in [0.29, 0.717) is 0 Å². The Balaban J connectivity index is 1.18. The van der Waals surface area contributed by atoms with Crippen molar-refractivity contribution in [3.63, 3.8) is 0 Å². The maximum atomic E-state index is 5.65. The van der Waals surface area contributed by atoms with Crippen LogP contribution in [0.3, 0.4) is 0 Å². The monoisotopic (exact) mass is 526 g/mol. The molecular weight excluding hydrogens is 492 g/mol. The first-order valence-corrected chi connectivity index (χ1v) is 13.8. The summed E-state index contributed by atoms with van der Waals surface area (Å²) in [5.41, 5.74) is 6.09. The Hall–Kier alpha value is -4.61. The smallest absolute Gasteiger partial charge is 0.131 e. The van der Waals surface area contributed by atoms with E-state index in [1.807, 2.05) is 30.3 Å². The van der Waals surface area contributed by atoms with Crippen LogP contribution in [-0.4, -0.2) is 29.8 Å². The van der Waals surface area contributed by atoms with Gasteiger partial charge in [0.05, 0.1) is 12.6 Å². The van der Waals surface area contributed by atoms with Crippen LogP contribution in [0.25, 0.3) is 21.8 Å². The van der Waals surface area contributed by atoms with Crippen LogP contribution in [0.2, 0.25) is 0 Å². The first-order chi connectivity index (χ1) is 19.8. The molecule has 1 unspecified atom stereocenters. The number of rotatable bonds is 11. The molecule has 0 radical (unpaired) electrons. The van der Waals surface area contributed by atoms with Gasteiger partial charge in [-0.25, -0.2) is 4.98 Å². The van der Waals surface area contributed by atoms with Crippen LogP contribution in [0.4, 0.5) is 5.82 Å². The largest absolute Gasteiger partial charge is 0.496 e. The number of pyridine rings is 1. The third kappa shape index (κ3) is 5.70. The van der Waals surface area contributed by atoms with Crippen molar-refractivity contribution in [2.75, 3.05) is 25.5 Å². The lowest BCUT2D eigenvalue weighted by atomic mass is 9.99. The minimum absolute atomic E-state index is 0.262. The quantitative estimate of drug-likeness (QED) is 0.187. The van der Waals surface area contributed by atoms with E-state index < -0.39 is 0 Å². The normalized spacial score (nSPS) is 12.0. The number of anilines is 1. The first-order valence-electron chi connectivity index (χ1n) is 13.8. The van der Waals surface area contributed by atoms with Crippen LogP contribution in [0, 0.1) is 0 Å². The number of nitrogens with zero attached hydrogens (tertiary/aromatic N) is 2. The number of ether oxygens (including phenoxy) is 1. The van der Waals surface area contributed by atoms with Gasteiger partial charge in [-0.15, -0.1) is 0 Å². The number of fused-ring (bicyclic) bond motifs is 2. The molecule has 0 fully saturated rings. The molecule has 0 aliphatic rings. The van der Waals surface area contributed by atoms with Crippen molar-refractivity contribution >= 4 is 27.6 Å². The first kappa shape index (κ1) is 25.7. The molecule has 6 rings (SSSR count). The second-order valence-electron chi connectivity index (χ2n) is 10.1. The van der Waals surface area contributed by atoms with Gasteiger partial charge in [0.1, 0.15) is 11.6 Å². The Kier molecular flexibility index (Phi) is 7.73. The van der Waals surface area contributed by atoms with Crippen molar-refractivity contribution in [1.82, 2.24) is 14.9 Å². The molecule has 2 N–H and O–H groups in total. The van der Waals surface area contributed by atoms with Gasteiger partial charge >= 0.3 is 0 Å². The van der Waals surface area contributed by atoms with Gasteiger partial charge < -0.3 is 19.9 Å². The minimum Gasteiger partial charge on any atom is -0.496 e. The van der Waals surface area contributed by atoms with Crippen LogP contribution >= 0.6 is 0 Å². The SMILES string of the molecule is COc1cc(NCC(CNCc2cn(Cc3ccccc3)c3ccccc23)c2ccccc2)nc2ccccc12. The zero-order chi connectivity index (χ0) is 27.1. The fourth-order valence-corrected chi connectivity index (χ4v) is 5.42. The molecule has 0 aliphatic heterocycles. The fraction of sp³-hybridized carbons (Fsp3) is 0.171. The van der Waals surface area contributed by atoms with E-state index in [-0.39, 0.29) is 5.92 Å². The molecule has 2 aromatic heterocycles.